The minimum absolute atomic E-state index is 0.302. The number of hydrogen-bond acceptors (Lipinski definition) is 3. The lowest BCUT2D eigenvalue weighted by Gasteiger charge is -2.16. The zero-order valence-corrected chi connectivity index (χ0v) is 8.66. The maximum Gasteiger partial charge on any atom is 0.0748 e. The lowest BCUT2D eigenvalue weighted by Crippen LogP contribution is -2.26. The molecule has 1 N–H and O–H groups in total. The number of nitrogens with one attached hydrogen (secondary N) is 1. The molecule has 3 nitrogen and oxygen atoms in total. The Hall–Kier alpha value is -1.09. The Balaban J connectivity index is 2.00. The molecule has 1 aliphatic rings. The Morgan fingerprint density at radius 3 is 2.93 bits per heavy atom. The molecule has 2 rings (SSSR count). The highest BCUT2D eigenvalue weighted by molar-refractivity contribution is 5.42. The van der Waals surface area contributed by atoms with Crippen LogP contribution in [0.2, 0.25) is 0 Å². The monoisotopic (exact) mass is 192 g/mol. The third kappa shape index (κ3) is 2.04. The summed E-state index contributed by atoms with van der Waals surface area (Å²) in [5.74, 6) is 0. The second-order valence-corrected chi connectivity index (χ2v) is 3.80. The van der Waals surface area contributed by atoms with Crippen molar-refractivity contribution in [3.05, 3.63) is 24.0 Å². The topological polar surface area (TPSA) is 34.1 Å². The van der Waals surface area contributed by atoms with Crippen molar-refractivity contribution in [3.63, 3.8) is 0 Å². The number of aromatic nitrogens is 1. The summed E-state index contributed by atoms with van der Waals surface area (Å²) in [6.45, 7) is 4.95. The SMILES string of the molecule is Cc1ccc(N[C@H]2CCO[C@@H]2C)cn1. The highest BCUT2D eigenvalue weighted by atomic mass is 16.5. The Kier molecular flexibility index (Phi) is 2.68. The Morgan fingerprint density at radius 2 is 2.36 bits per heavy atom. The fourth-order valence-electron chi connectivity index (χ4n) is 1.69. The molecule has 0 aromatic carbocycles. The number of nitrogens with zero attached hydrogens (tertiary/aromatic N) is 1. The van der Waals surface area contributed by atoms with Gasteiger partial charge in [0, 0.05) is 12.3 Å². The van der Waals surface area contributed by atoms with E-state index < -0.39 is 0 Å². The van der Waals surface area contributed by atoms with Gasteiger partial charge in [-0.25, -0.2) is 0 Å². The summed E-state index contributed by atoms with van der Waals surface area (Å²) in [6, 6.07) is 4.51. The van der Waals surface area contributed by atoms with Gasteiger partial charge < -0.3 is 10.1 Å². The van der Waals surface area contributed by atoms with Gasteiger partial charge in [-0.05, 0) is 32.4 Å². The van der Waals surface area contributed by atoms with E-state index in [1.54, 1.807) is 0 Å². The van der Waals surface area contributed by atoms with Gasteiger partial charge in [-0.3, -0.25) is 4.98 Å². The minimum atomic E-state index is 0.302. The first-order chi connectivity index (χ1) is 6.75. The fraction of sp³-hybridized carbons (Fsp3) is 0.545. The first-order valence-corrected chi connectivity index (χ1v) is 5.06. The van der Waals surface area contributed by atoms with Crippen molar-refractivity contribution >= 4 is 5.69 Å². The summed E-state index contributed by atoms with van der Waals surface area (Å²) in [5, 5.41) is 3.43. The Bertz CT molecular complexity index is 297. The second-order valence-electron chi connectivity index (χ2n) is 3.80. The van der Waals surface area contributed by atoms with Crippen molar-refractivity contribution in [2.75, 3.05) is 11.9 Å². The molecular weight excluding hydrogens is 176 g/mol. The summed E-state index contributed by atoms with van der Waals surface area (Å²) < 4.78 is 5.48. The maximum absolute atomic E-state index is 5.48. The van der Waals surface area contributed by atoms with Crippen molar-refractivity contribution in [2.45, 2.75) is 32.4 Å². The van der Waals surface area contributed by atoms with Crippen LogP contribution in [0.1, 0.15) is 19.0 Å². The van der Waals surface area contributed by atoms with Crippen molar-refractivity contribution < 1.29 is 4.74 Å². The molecule has 0 amide bonds. The number of aryl methyl sites for hydroxylation is 1. The van der Waals surface area contributed by atoms with E-state index in [4.69, 9.17) is 4.74 Å². The molecule has 1 saturated heterocycles. The number of anilines is 1. The minimum Gasteiger partial charge on any atom is -0.378 e. The Labute approximate surface area is 84.5 Å². The summed E-state index contributed by atoms with van der Waals surface area (Å²) >= 11 is 0. The number of hydrogen-bond donors (Lipinski definition) is 1. The first-order valence-electron chi connectivity index (χ1n) is 5.06. The lowest BCUT2D eigenvalue weighted by atomic mass is 10.1. The van der Waals surface area contributed by atoms with Gasteiger partial charge in [0.25, 0.3) is 0 Å². The van der Waals surface area contributed by atoms with Gasteiger partial charge in [-0.15, -0.1) is 0 Å². The van der Waals surface area contributed by atoms with Crippen LogP contribution in [-0.2, 0) is 4.74 Å². The van der Waals surface area contributed by atoms with Crippen LogP contribution >= 0.6 is 0 Å². The van der Waals surface area contributed by atoms with Crippen molar-refractivity contribution in [2.24, 2.45) is 0 Å². The molecule has 1 fully saturated rings. The standard InChI is InChI=1S/C11H16N2O/c1-8-3-4-10(7-12-8)13-11-5-6-14-9(11)2/h3-4,7,9,11,13H,5-6H2,1-2H3/t9-,11+/m1/s1. The van der Waals surface area contributed by atoms with Gasteiger partial charge in [0.2, 0.25) is 0 Å². The van der Waals surface area contributed by atoms with E-state index in [0.717, 1.165) is 24.4 Å². The quantitative estimate of drug-likeness (QED) is 0.778. The molecule has 0 aliphatic carbocycles. The van der Waals surface area contributed by atoms with E-state index in [2.05, 4.69) is 23.3 Å². The van der Waals surface area contributed by atoms with E-state index >= 15 is 0 Å². The van der Waals surface area contributed by atoms with Crippen LogP contribution in [0.25, 0.3) is 0 Å². The Morgan fingerprint density at radius 1 is 1.50 bits per heavy atom. The van der Waals surface area contributed by atoms with Crippen molar-refractivity contribution in [1.82, 2.24) is 4.98 Å². The molecule has 1 aromatic heterocycles. The van der Waals surface area contributed by atoms with E-state index in [0.29, 0.717) is 12.1 Å². The van der Waals surface area contributed by atoms with Crippen LogP contribution in [0.5, 0.6) is 0 Å². The molecule has 3 heteroatoms. The molecule has 14 heavy (non-hydrogen) atoms. The van der Waals surface area contributed by atoms with E-state index in [1.165, 1.54) is 0 Å². The average Bonchev–Trinajstić information content (AvgIpc) is 2.56. The van der Waals surface area contributed by atoms with Gasteiger partial charge in [0.1, 0.15) is 0 Å². The summed E-state index contributed by atoms with van der Waals surface area (Å²) in [5.41, 5.74) is 2.13. The molecule has 1 aliphatic heterocycles. The normalized spacial score (nSPS) is 26.4. The van der Waals surface area contributed by atoms with Crippen LogP contribution in [-0.4, -0.2) is 23.7 Å². The van der Waals surface area contributed by atoms with Crippen molar-refractivity contribution in [1.29, 1.82) is 0 Å². The second kappa shape index (κ2) is 3.96. The van der Waals surface area contributed by atoms with Crippen LogP contribution in [0.4, 0.5) is 5.69 Å². The average molecular weight is 192 g/mol. The molecule has 2 heterocycles. The molecule has 76 valence electrons. The highest BCUT2D eigenvalue weighted by Crippen LogP contribution is 2.18. The van der Waals surface area contributed by atoms with E-state index in [-0.39, 0.29) is 0 Å². The summed E-state index contributed by atoms with van der Waals surface area (Å²) in [4.78, 5) is 4.24. The number of rotatable bonds is 2. The van der Waals surface area contributed by atoms with Crippen LogP contribution < -0.4 is 5.32 Å². The molecular formula is C11H16N2O. The lowest BCUT2D eigenvalue weighted by molar-refractivity contribution is 0.121. The molecule has 0 saturated carbocycles. The van der Waals surface area contributed by atoms with Crippen LogP contribution in [0.3, 0.4) is 0 Å². The first kappa shape index (κ1) is 9.46. The number of pyridine rings is 1. The van der Waals surface area contributed by atoms with Gasteiger partial charge in [-0.1, -0.05) is 0 Å². The molecule has 0 bridgehead atoms. The predicted molar refractivity (Wildman–Crippen MR) is 56.4 cm³/mol. The van der Waals surface area contributed by atoms with E-state index in [1.807, 2.05) is 19.2 Å². The zero-order valence-electron chi connectivity index (χ0n) is 8.66. The van der Waals surface area contributed by atoms with Crippen molar-refractivity contribution in [3.8, 4) is 0 Å². The molecule has 0 unspecified atom stereocenters. The van der Waals surface area contributed by atoms with Crippen LogP contribution in [0, 0.1) is 6.92 Å². The highest BCUT2D eigenvalue weighted by Gasteiger charge is 2.23. The predicted octanol–water partition coefficient (Wildman–Crippen LogP) is 1.98. The third-order valence-electron chi connectivity index (χ3n) is 2.64. The fourth-order valence-corrected chi connectivity index (χ4v) is 1.69. The third-order valence-corrected chi connectivity index (χ3v) is 2.64. The molecule has 2 atom stereocenters. The van der Waals surface area contributed by atoms with Gasteiger partial charge >= 0.3 is 0 Å². The van der Waals surface area contributed by atoms with E-state index in [9.17, 15) is 0 Å². The largest absolute Gasteiger partial charge is 0.378 e. The van der Waals surface area contributed by atoms with Gasteiger partial charge in [-0.2, -0.15) is 0 Å². The van der Waals surface area contributed by atoms with Crippen LogP contribution in [0.15, 0.2) is 18.3 Å². The molecule has 1 aromatic rings. The maximum atomic E-state index is 5.48. The number of ether oxygens (including phenoxy) is 1. The summed E-state index contributed by atoms with van der Waals surface area (Å²) in [6.07, 6.45) is 3.26. The zero-order chi connectivity index (χ0) is 9.97. The van der Waals surface area contributed by atoms with Gasteiger partial charge in [0.05, 0.1) is 24.0 Å². The molecule has 0 radical (unpaired) electrons. The van der Waals surface area contributed by atoms with Gasteiger partial charge in [0.15, 0.2) is 0 Å². The molecule has 0 spiro atoms. The summed E-state index contributed by atoms with van der Waals surface area (Å²) in [7, 11) is 0. The smallest absolute Gasteiger partial charge is 0.0748 e.